The van der Waals surface area contributed by atoms with Crippen LogP contribution in [0.3, 0.4) is 0 Å². The van der Waals surface area contributed by atoms with Gasteiger partial charge in [-0.25, -0.2) is 0 Å². The summed E-state index contributed by atoms with van der Waals surface area (Å²) in [5, 5.41) is 3.56. The topological polar surface area (TPSA) is 12.0 Å². The molecule has 0 aliphatic carbocycles. The summed E-state index contributed by atoms with van der Waals surface area (Å²) in [4.78, 5) is 0. The zero-order valence-electron chi connectivity index (χ0n) is 10.6. The third-order valence-electron chi connectivity index (χ3n) is 3.79. The second-order valence-electron chi connectivity index (χ2n) is 5.14. The summed E-state index contributed by atoms with van der Waals surface area (Å²) in [6.45, 7) is 6.90. The smallest absolute Gasteiger partial charge is 0.00173 e. The lowest BCUT2D eigenvalue weighted by Gasteiger charge is -2.17. The first-order valence-electron chi connectivity index (χ1n) is 6.53. The van der Waals surface area contributed by atoms with Crippen LogP contribution in [0.5, 0.6) is 0 Å². The first-order valence-corrected chi connectivity index (χ1v) is 6.53. The Hall–Kier alpha value is -0.820. The Bertz CT molecular complexity index is 315. The fraction of sp³-hybridized carbons (Fsp3) is 0.600. The van der Waals surface area contributed by atoms with Crippen molar-refractivity contribution in [2.75, 3.05) is 13.1 Å². The van der Waals surface area contributed by atoms with E-state index < -0.39 is 0 Å². The van der Waals surface area contributed by atoms with Gasteiger partial charge in [0.1, 0.15) is 0 Å². The van der Waals surface area contributed by atoms with Gasteiger partial charge in [-0.1, -0.05) is 24.6 Å². The molecular formula is C15H23N. The summed E-state index contributed by atoms with van der Waals surface area (Å²) in [6.07, 6.45) is 5.39. The maximum absolute atomic E-state index is 3.56. The highest BCUT2D eigenvalue weighted by Gasteiger charge is 2.14. The molecule has 1 heteroatoms. The van der Waals surface area contributed by atoms with Crippen LogP contribution < -0.4 is 5.32 Å². The molecule has 1 aromatic carbocycles. The molecule has 0 radical (unpaired) electrons. The fourth-order valence-corrected chi connectivity index (χ4v) is 2.73. The van der Waals surface area contributed by atoms with Gasteiger partial charge < -0.3 is 5.32 Å². The Morgan fingerprint density at radius 1 is 1.19 bits per heavy atom. The van der Waals surface area contributed by atoms with E-state index in [4.69, 9.17) is 0 Å². The Morgan fingerprint density at radius 2 is 1.94 bits per heavy atom. The molecule has 1 nitrogen and oxygen atoms in total. The van der Waals surface area contributed by atoms with Crippen molar-refractivity contribution < 1.29 is 0 Å². The zero-order valence-corrected chi connectivity index (χ0v) is 10.6. The predicted octanol–water partition coefficient (Wildman–Crippen LogP) is 3.24. The lowest BCUT2D eigenvalue weighted by Crippen LogP contribution is -2.22. The van der Waals surface area contributed by atoms with E-state index in [1.165, 1.54) is 49.9 Å². The van der Waals surface area contributed by atoms with Crippen LogP contribution in [-0.4, -0.2) is 13.1 Å². The molecule has 1 heterocycles. The molecule has 16 heavy (non-hydrogen) atoms. The van der Waals surface area contributed by atoms with Gasteiger partial charge in [-0.3, -0.25) is 0 Å². The minimum absolute atomic E-state index is 0.835. The minimum Gasteiger partial charge on any atom is -0.316 e. The van der Waals surface area contributed by atoms with Crippen molar-refractivity contribution in [2.24, 2.45) is 5.92 Å². The highest BCUT2D eigenvalue weighted by molar-refractivity contribution is 5.33. The second-order valence-corrected chi connectivity index (χ2v) is 5.14. The molecule has 0 spiro atoms. The lowest BCUT2D eigenvalue weighted by molar-refractivity contribution is 0.475. The summed E-state index contributed by atoms with van der Waals surface area (Å²) in [5.41, 5.74) is 4.50. The Labute approximate surface area is 99.3 Å². The number of hydrogen-bond donors (Lipinski definition) is 1. The summed E-state index contributed by atoms with van der Waals surface area (Å²) in [5.74, 6) is 0.835. The van der Waals surface area contributed by atoms with Crippen LogP contribution in [0.15, 0.2) is 18.2 Å². The third-order valence-corrected chi connectivity index (χ3v) is 3.79. The van der Waals surface area contributed by atoms with Crippen molar-refractivity contribution in [3.63, 3.8) is 0 Å². The average Bonchev–Trinajstić information content (AvgIpc) is 2.52. The Balaban J connectivity index is 2.07. The molecule has 1 saturated heterocycles. The van der Waals surface area contributed by atoms with Gasteiger partial charge in [0.2, 0.25) is 0 Å². The number of nitrogens with one attached hydrogen (secondary N) is 1. The number of aryl methyl sites for hydroxylation is 2. The quantitative estimate of drug-likeness (QED) is 0.802. The zero-order chi connectivity index (χ0) is 11.4. The number of benzene rings is 1. The van der Waals surface area contributed by atoms with Gasteiger partial charge in [-0.15, -0.1) is 0 Å². The molecule has 1 fully saturated rings. The molecule has 1 aliphatic rings. The van der Waals surface area contributed by atoms with Crippen LogP contribution in [0, 0.1) is 19.8 Å². The molecule has 1 aliphatic heterocycles. The van der Waals surface area contributed by atoms with Crippen molar-refractivity contribution >= 4 is 0 Å². The monoisotopic (exact) mass is 217 g/mol. The second kappa shape index (κ2) is 5.49. The van der Waals surface area contributed by atoms with Crippen LogP contribution in [0.25, 0.3) is 0 Å². The molecule has 1 unspecified atom stereocenters. The van der Waals surface area contributed by atoms with Gasteiger partial charge in [-0.05, 0) is 68.8 Å². The molecule has 0 amide bonds. The van der Waals surface area contributed by atoms with Crippen molar-refractivity contribution in [3.05, 3.63) is 34.9 Å². The normalized spacial score (nSPS) is 21.8. The van der Waals surface area contributed by atoms with Gasteiger partial charge in [0.05, 0.1) is 0 Å². The van der Waals surface area contributed by atoms with Crippen LogP contribution in [0.2, 0.25) is 0 Å². The number of rotatable bonds is 2. The standard InChI is InChI=1S/C15H23N/c1-12-6-5-7-13(2)15(12)10-14-8-3-4-9-16-11-14/h5-7,14,16H,3-4,8-11H2,1-2H3. The van der Waals surface area contributed by atoms with E-state index in [9.17, 15) is 0 Å². The molecular weight excluding hydrogens is 194 g/mol. The van der Waals surface area contributed by atoms with Crippen LogP contribution in [0.4, 0.5) is 0 Å². The van der Waals surface area contributed by atoms with Gasteiger partial charge in [0.25, 0.3) is 0 Å². The van der Waals surface area contributed by atoms with Crippen molar-refractivity contribution in [2.45, 2.75) is 39.5 Å². The molecule has 1 atom stereocenters. The predicted molar refractivity (Wildman–Crippen MR) is 69.8 cm³/mol. The summed E-state index contributed by atoms with van der Waals surface area (Å²) >= 11 is 0. The van der Waals surface area contributed by atoms with Crippen LogP contribution in [-0.2, 0) is 6.42 Å². The van der Waals surface area contributed by atoms with E-state index >= 15 is 0 Å². The van der Waals surface area contributed by atoms with Gasteiger partial charge in [0, 0.05) is 0 Å². The first kappa shape index (κ1) is 11.7. The van der Waals surface area contributed by atoms with Crippen molar-refractivity contribution in [3.8, 4) is 0 Å². The van der Waals surface area contributed by atoms with Crippen molar-refractivity contribution in [1.82, 2.24) is 5.32 Å². The molecule has 0 aromatic heterocycles. The van der Waals surface area contributed by atoms with Crippen LogP contribution >= 0.6 is 0 Å². The van der Waals surface area contributed by atoms with Crippen molar-refractivity contribution in [1.29, 1.82) is 0 Å². The van der Waals surface area contributed by atoms with E-state index in [2.05, 4.69) is 37.4 Å². The SMILES string of the molecule is Cc1cccc(C)c1CC1CCCCNC1. The Morgan fingerprint density at radius 3 is 2.69 bits per heavy atom. The largest absolute Gasteiger partial charge is 0.316 e. The van der Waals surface area contributed by atoms with E-state index in [1.807, 2.05) is 0 Å². The highest BCUT2D eigenvalue weighted by atomic mass is 14.9. The molecule has 88 valence electrons. The van der Waals surface area contributed by atoms with Crippen LogP contribution in [0.1, 0.15) is 36.0 Å². The Kier molecular flexibility index (Phi) is 4.00. The third kappa shape index (κ3) is 2.85. The van der Waals surface area contributed by atoms with Gasteiger partial charge in [-0.2, -0.15) is 0 Å². The average molecular weight is 217 g/mol. The minimum atomic E-state index is 0.835. The van der Waals surface area contributed by atoms with E-state index in [0.29, 0.717) is 0 Å². The first-order chi connectivity index (χ1) is 7.77. The number of hydrogen-bond acceptors (Lipinski definition) is 1. The molecule has 1 N–H and O–H groups in total. The summed E-state index contributed by atoms with van der Waals surface area (Å²) in [6, 6.07) is 6.65. The summed E-state index contributed by atoms with van der Waals surface area (Å²) < 4.78 is 0. The molecule has 0 saturated carbocycles. The molecule has 0 bridgehead atoms. The van der Waals surface area contributed by atoms with E-state index in [-0.39, 0.29) is 0 Å². The van der Waals surface area contributed by atoms with E-state index in [1.54, 1.807) is 5.56 Å². The lowest BCUT2D eigenvalue weighted by atomic mass is 9.90. The fourth-order valence-electron chi connectivity index (χ4n) is 2.73. The molecule has 1 aromatic rings. The molecule has 2 rings (SSSR count). The van der Waals surface area contributed by atoms with E-state index in [0.717, 1.165) is 5.92 Å². The maximum Gasteiger partial charge on any atom is -0.00173 e. The summed E-state index contributed by atoms with van der Waals surface area (Å²) in [7, 11) is 0. The maximum atomic E-state index is 3.56. The van der Waals surface area contributed by atoms with Gasteiger partial charge >= 0.3 is 0 Å². The highest BCUT2D eigenvalue weighted by Crippen LogP contribution is 2.21. The van der Waals surface area contributed by atoms with Gasteiger partial charge in [0.15, 0.2) is 0 Å².